The van der Waals surface area contributed by atoms with E-state index in [0.717, 1.165) is 5.69 Å². The van der Waals surface area contributed by atoms with Gasteiger partial charge in [0.1, 0.15) is 0 Å². The Kier molecular flexibility index (Phi) is 4.43. The van der Waals surface area contributed by atoms with Crippen LogP contribution in [0.1, 0.15) is 29.9 Å². The van der Waals surface area contributed by atoms with Crippen LogP contribution in [0.3, 0.4) is 0 Å². The first-order chi connectivity index (χ1) is 7.57. The van der Waals surface area contributed by atoms with Crippen molar-refractivity contribution in [3.05, 3.63) is 29.6 Å². The van der Waals surface area contributed by atoms with E-state index in [1.165, 1.54) is 0 Å². The maximum atomic E-state index is 12.2. The second-order valence-corrected chi connectivity index (χ2v) is 4.02. The Balaban J connectivity index is 2.95. The second kappa shape index (κ2) is 5.61. The number of aromatic nitrogens is 1. The fourth-order valence-electron chi connectivity index (χ4n) is 1.60. The lowest BCUT2D eigenvalue weighted by atomic mass is 10.1. The Morgan fingerprint density at radius 3 is 2.75 bits per heavy atom. The number of amides is 1. The van der Waals surface area contributed by atoms with Gasteiger partial charge in [0.2, 0.25) is 0 Å². The lowest BCUT2D eigenvalue weighted by Crippen LogP contribution is -2.40. The molecule has 0 aromatic carbocycles. The average molecular weight is 221 g/mol. The topological polar surface area (TPSA) is 59.2 Å². The van der Waals surface area contributed by atoms with Crippen LogP contribution in [0.2, 0.25) is 0 Å². The number of hydrogen-bond acceptors (Lipinski definition) is 3. The molecule has 0 aliphatic rings. The number of rotatable bonds is 4. The first-order valence-corrected chi connectivity index (χ1v) is 5.50. The summed E-state index contributed by atoms with van der Waals surface area (Å²) in [4.78, 5) is 18.1. The first kappa shape index (κ1) is 12.6. The van der Waals surface area contributed by atoms with Crippen LogP contribution < -0.4 is 5.73 Å². The minimum Gasteiger partial charge on any atom is -0.335 e. The van der Waals surface area contributed by atoms with Gasteiger partial charge in [0.15, 0.2) is 0 Å². The van der Waals surface area contributed by atoms with E-state index in [9.17, 15) is 4.79 Å². The van der Waals surface area contributed by atoms with Crippen molar-refractivity contribution >= 4 is 5.91 Å². The standard InChI is InChI=1S/C12H19N3O/c1-9(2)15(8-6-13)12(16)11-5-4-7-14-10(11)3/h4-5,7,9H,6,8,13H2,1-3H3. The molecule has 0 spiro atoms. The van der Waals surface area contributed by atoms with Gasteiger partial charge in [0, 0.05) is 31.0 Å². The highest BCUT2D eigenvalue weighted by Gasteiger charge is 2.19. The molecule has 0 fully saturated rings. The Bertz CT molecular complexity index is 363. The van der Waals surface area contributed by atoms with Crippen LogP contribution in [0.4, 0.5) is 0 Å². The van der Waals surface area contributed by atoms with Crippen molar-refractivity contribution < 1.29 is 4.79 Å². The van der Waals surface area contributed by atoms with E-state index in [4.69, 9.17) is 5.73 Å². The zero-order valence-corrected chi connectivity index (χ0v) is 10.1. The largest absolute Gasteiger partial charge is 0.335 e. The van der Waals surface area contributed by atoms with E-state index in [0.29, 0.717) is 18.7 Å². The molecule has 0 aliphatic carbocycles. The van der Waals surface area contributed by atoms with Gasteiger partial charge >= 0.3 is 0 Å². The fourth-order valence-corrected chi connectivity index (χ4v) is 1.60. The number of pyridine rings is 1. The van der Waals surface area contributed by atoms with Crippen molar-refractivity contribution in [1.29, 1.82) is 0 Å². The monoisotopic (exact) mass is 221 g/mol. The third-order valence-electron chi connectivity index (χ3n) is 2.49. The SMILES string of the molecule is Cc1ncccc1C(=O)N(CCN)C(C)C. The molecule has 1 rings (SSSR count). The molecule has 4 nitrogen and oxygen atoms in total. The van der Waals surface area contributed by atoms with Gasteiger partial charge in [-0.15, -0.1) is 0 Å². The van der Waals surface area contributed by atoms with E-state index in [2.05, 4.69) is 4.98 Å². The molecule has 0 radical (unpaired) electrons. The number of carbonyl (C=O) groups is 1. The van der Waals surface area contributed by atoms with Crippen LogP contribution in [-0.4, -0.2) is 34.9 Å². The van der Waals surface area contributed by atoms with E-state index >= 15 is 0 Å². The van der Waals surface area contributed by atoms with Crippen LogP contribution in [0.25, 0.3) is 0 Å². The van der Waals surface area contributed by atoms with E-state index in [1.54, 1.807) is 23.2 Å². The zero-order valence-electron chi connectivity index (χ0n) is 10.1. The van der Waals surface area contributed by atoms with Crippen molar-refractivity contribution in [1.82, 2.24) is 9.88 Å². The maximum Gasteiger partial charge on any atom is 0.255 e. The molecule has 0 atom stereocenters. The predicted molar refractivity (Wildman–Crippen MR) is 64.2 cm³/mol. The highest BCUT2D eigenvalue weighted by molar-refractivity contribution is 5.95. The number of carbonyl (C=O) groups excluding carboxylic acids is 1. The molecule has 1 aromatic heterocycles. The molecular formula is C12H19N3O. The fraction of sp³-hybridized carbons (Fsp3) is 0.500. The Hall–Kier alpha value is -1.42. The van der Waals surface area contributed by atoms with Crippen molar-refractivity contribution in [2.45, 2.75) is 26.8 Å². The normalized spacial score (nSPS) is 10.6. The Morgan fingerprint density at radius 1 is 1.56 bits per heavy atom. The summed E-state index contributed by atoms with van der Waals surface area (Å²) in [6.45, 7) is 6.86. The molecule has 2 N–H and O–H groups in total. The first-order valence-electron chi connectivity index (χ1n) is 5.50. The molecule has 1 amide bonds. The van der Waals surface area contributed by atoms with Gasteiger partial charge in [-0.1, -0.05) is 0 Å². The Morgan fingerprint density at radius 2 is 2.25 bits per heavy atom. The van der Waals surface area contributed by atoms with Gasteiger partial charge in [0.05, 0.1) is 5.56 Å². The molecule has 0 bridgehead atoms. The van der Waals surface area contributed by atoms with Gasteiger partial charge in [-0.2, -0.15) is 0 Å². The van der Waals surface area contributed by atoms with E-state index in [-0.39, 0.29) is 11.9 Å². The smallest absolute Gasteiger partial charge is 0.255 e. The number of nitrogens with zero attached hydrogens (tertiary/aromatic N) is 2. The van der Waals surface area contributed by atoms with Crippen LogP contribution in [0, 0.1) is 6.92 Å². The summed E-state index contributed by atoms with van der Waals surface area (Å²) in [7, 11) is 0. The van der Waals surface area contributed by atoms with Crippen LogP contribution in [-0.2, 0) is 0 Å². The van der Waals surface area contributed by atoms with Crippen LogP contribution >= 0.6 is 0 Å². The number of aryl methyl sites for hydroxylation is 1. The van der Waals surface area contributed by atoms with Crippen molar-refractivity contribution in [2.75, 3.05) is 13.1 Å². The summed E-state index contributed by atoms with van der Waals surface area (Å²) in [5, 5.41) is 0. The summed E-state index contributed by atoms with van der Waals surface area (Å²) in [5.74, 6) is 0.00560. The minimum absolute atomic E-state index is 0.00560. The molecule has 4 heteroatoms. The van der Waals surface area contributed by atoms with Crippen LogP contribution in [0.15, 0.2) is 18.3 Å². The molecule has 0 unspecified atom stereocenters. The molecule has 0 saturated heterocycles. The van der Waals surface area contributed by atoms with Gasteiger partial charge in [-0.05, 0) is 32.9 Å². The molecule has 1 aromatic rings. The lowest BCUT2D eigenvalue weighted by molar-refractivity contribution is 0.0710. The van der Waals surface area contributed by atoms with Gasteiger partial charge < -0.3 is 10.6 Å². The average Bonchev–Trinajstić information content (AvgIpc) is 2.25. The number of nitrogens with two attached hydrogens (primary N) is 1. The van der Waals surface area contributed by atoms with E-state index in [1.807, 2.05) is 20.8 Å². The molecule has 16 heavy (non-hydrogen) atoms. The third kappa shape index (κ3) is 2.79. The molecular weight excluding hydrogens is 202 g/mol. The third-order valence-corrected chi connectivity index (χ3v) is 2.49. The van der Waals surface area contributed by atoms with Crippen molar-refractivity contribution in [2.24, 2.45) is 5.73 Å². The van der Waals surface area contributed by atoms with Gasteiger partial charge in [0.25, 0.3) is 5.91 Å². The summed E-state index contributed by atoms with van der Waals surface area (Å²) in [5.41, 5.74) is 6.93. The Labute approximate surface area is 96.5 Å². The zero-order chi connectivity index (χ0) is 12.1. The molecule has 0 aliphatic heterocycles. The summed E-state index contributed by atoms with van der Waals surface area (Å²) < 4.78 is 0. The lowest BCUT2D eigenvalue weighted by Gasteiger charge is -2.26. The highest BCUT2D eigenvalue weighted by atomic mass is 16.2. The van der Waals surface area contributed by atoms with Crippen molar-refractivity contribution in [3.8, 4) is 0 Å². The summed E-state index contributed by atoms with van der Waals surface area (Å²) in [6.07, 6.45) is 1.69. The van der Waals surface area contributed by atoms with Gasteiger partial charge in [-0.3, -0.25) is 9.78 Å². The molecule has 0 saturated carbocycles. The molecule has 88 valence electrons. The quantitative estimate of drug-likeness (QED) is 0.831. The van der Waals surface area contributed by atoms with Gasteiger partial charge in [-0.25, -0.2) is 0 Å². The van der Waals surface area contributed by atoms with Crippen LogP contribution in [0.5, 0.6) is 0 Å². The molecule has 1 heterocycles. The van der Waals surface area contributed by atoms with E-state index < -0.39 is 0 Å². The minimum atomic E-state index is 0.00560. The van der Waals surface area contributed by atoms with Crippen molar-refractivity contribution in [3.63, 3.8) is 0 Å². The second-order valence-electron chi connectivity index (χ2n) is 4.02. The summed E-state index contributed by atoms with van der Waals surface area (Å²) >= 11 is 0. The maximum absolute atomic E-state index is 12.2. The highest BCUT2D eigenvalue weighted by Crippen LogP contribution is 2.10. The predicted octanol–water partition coefficient (Wildman–Crippen LogP) is 1.20. The number of hydrogen-bond donors (Lipinski definition) is 1. The summed E-state index contributed by atoms with van der Waals surface area (Å²) in [6, 6.07) is 3.73.